The fourth-order valence-electron chi connectivity index (χ4n) is 3.80. The van der Waals surface area contributed by atoms with Gasteiger partial charge in [0.05, 0.1) is 5.56 Å². The molecule has 134 valence electrons. The Morgan fingerprint density at radius 1 is 0.667 bits per heavy atom. The first kappa shape index (κ1) is 17.3. The van der Waals surface area contributed by atoms with Crippen LogP contribution in [0.1, 0.15) is 35.7 Å². The summed E-state index contributed by atoms with van der Waals surface area (Å²) in [5.74, 6) is 0.346. The zero-order valence-electron chi connectivity index (χ0n) is 15.4. The Morgan fingerprint density at radius 3 is 1.96 bits per heavy atom. The topological polar surface area (TPSA) is 36.8 Å². The second-order valence-corrected chi connectivity index (χ2v) is 7.00. The van der Waals surface area contributed by atoms with Crippen LogP contribution in [-0.4, -0.2) is 5.11 Å². The second-order valence-electron chi connectivity index (χ2n) is 7.00. The van der Waals surface area contributed by atoms with Crippen LogP contribution in [0.3, 0.4) is 0 Å². The molecule has 0 radical (unpaired) electrons. The molecule has 0 saturated carbocycles. The van der Waals surface area contributed by atoms with E-state index >= 15 is 0 Å². The molecule has 0 bridgehead atoms. The van der Waals surface area contributed by atoms with Gasteiger partial charge in [0.1, 0.15) is 17.8 Å². The molecule has 0 unspecified atom stereocenters. The third-order valence-corrected chi connectivity index (χ3v) is 5.22. The van der Waals surface area contributed by atoms with Gasteiger partial charge in [0.15, 0.2) is 0 Å². The number of quaternary nitrogens is 1. The van der Waals surface area contributed by atoms with Gasteiger partial charge < -0.3 is 10.4 Å². The van der Waals surface area contributed by atoms with E-state index in [4.69, 9.17) is 0 Å². The summed E-state index contributed by atoms with van der Waals surface area (Å²) in [5.41, 5.74) is 3.44. The molecular weight excluding hydrogens is 330 g/mol. The first-order valence-electron chi connectivity index (χ1n) is 9.39. The van der Waals surface area contributed by atoms with Gasteiger partial charge in [0.2, 0.25) is 0 Å². The molecule has 0 aliphatic rings. The number of rotatable bonds is 5. The van der Waals surface area contributed by atoms with Crippen molar-refractivity contribution in [2.24, 2.45) is 0 Å². The van der Waals surface area contributed by atoms with E-state index in [0.717, 1.165) is 16.3 Å². The van der Waals surface area contributed by atoms with Crippen LogP contribution in [0.2, 0.25) is 0 Å². The molecule has 3 N–H and O–H groups in total. The van der Waals surface area contributed by atoms with Crippen molar-refractivity contribution in [2.75, 3.05) is 0 Å². The van der Waals surface area contributed by atoms with Gasteiger partial charge in [-0.25, -0.2) is 0 Å². The molecule has 0 aliphatic heterocycles. The van der Waals surface area contributed by atoms with Gasteiger partial charge in [0, 0.05) is 11.1 Å². The lowest BCUT2D eigenvalue weighted by Crippen LogP contribution is -2.85. The average molecular weight is 354 g/mol. The SMILES string of the molecule is C[C@H]([NH2+][C@@H](c1ccccc1)c1c(O)ccc2ccccc12)c1ccccc1. The van der Waals surface area contributed by atoms with Crippen LogP contribution in [0.4, 0.5) is 0 Å². The number of benzene rings is 4. The van der Waals surface area contributed by atoms with Crippen molar-refractivity contribution in [1.82, 2.24) is 0 Å². The first-order valence-corrected chi connectivity index (χ1v) is 9.39. The highest BCUT2D eigenvalue weighted by Crippen LogP contribution is 2.34. The quantitative estimate of drug-likeness (QED) is 0.522. The van der Waals surface area contributed by atoms with Gasteiger partial charge in [0.25, 0.3) is 0 Å². The number of phenolic OH excluding ortho intramolecular Hbond substituents is 1. The maximum Gasteiger partial charge on any atom is 0.142 e. The molecule has 4 rings (SSSR count). The second kappa shape index (κ2) is 7.65. The molecule has 4 aromatic rings. The van der Waals surface area contributed by atoms with E-state index in [1.165, 1.54) is 11.1 Å². The molecule has 0 amide bonds. The van der Waals surface area contributed by atoms with E-state index in [2.05, 4.69) is 72.9 Å². The highest BCUT2D eigenvalue weighted by atomic mass is 16.3. The molecule has 0 aromatic heterocycles. The van der Waals surface area contributed by atoms with Crippen molar-refractivity contribution in [1.29, 1.82) is 0 Å². The molecule has 2 atom stereocenters. The Hall–Kier alpha value is -3.10. The van der Waals surface area contributed by atoms with Gasteiger partial charge in [-0.3, -0.25) is 0 Å². The fraction of sp³-hybridized carbons (Fsp3) is 0.120. The molecular formula is C25H24NO+. The Kier molecular flexibility index (Phi) is 4.91. The molecule has 0 heterocycles. The molecule has 2 heteroatoms. The van der Waals surface area contributed by atoms with Crippen LogP contribution in [0.15, 0.2) is 97.1 Å². The van der Waals surface area contributed by atoms with Crippen molar-refractivity contribution in [3.05, 3.63) is 114 Å². The van der Waals surface area contributed by atoms with Crippen molar-refractivity contribution in [2.45, 2.75) is 19.0 Å². The van der Waals surface area contributed by atoms with Gasteiger partial charge in [-0.1, -0.05) is 91.0 Å². The first-order chi connectivity index (χ1) is 13.2. The van der Waals surface area contributed by atoms with E-state index in [9.17, 15) is 5.11 Å². The van der Waals surface area contributed by atoms with Gasteiger partial charge in [-0.05, 0) is 23.8 Å². The molecule has 0 spiro atoms. The van der Waals surface area contributed by atoms with Crippen molar-refractivity contribution < 1.29 is 10.4 Å². The average Bonchev–Trinajstić information content (AvgIpc) is 2.73. The van der Waals surface area contributed by atoms with Gasteiger partial charge in [-0.15, -0.1) is 0 Å². The number of hydrogen-bond donors (Lipinski definition) is 2. The van der Waals surface area contributed by atoms with Crippen LogP contribution in [0.5, 0.6) is 5.75 Å². The van der Waals surface area contributed by atoms with Crippen molar-refractivity contribution >= 4 is 10.8 Å². The van der Waals surface area contributed by atoms with Crippen LogP contribution in [0, 0.1) is 0 Å². The third kappa shape index (κ3) is 3.57. The van der Waals surface area contributed by atoms with Crippen LogP contribution < -0.4 is 5.32 Å². The van der Waals surface area contributed by atoms with Crippen molar-refractivity contribution in [3.8, 4) is 5.75 Å². The highest BCUT2D eigenvalue weighted by Gasteiger charge is 2.26. The zero-order chi connectivity index (χ0) is 18.6. The molecule has 2 nitrogen and oxygen atoms in total. The predicted molar refractivity (Wildman–Crippen MR) is 111 cm³/mol. The van der Waals surface area contributed by atoms with Crippen LogP contribution >= 0.6 is 0 Å². The Balaban J connectivity index is 1.84. The molecule has 4 aromatic carbocycles. The van der Waals surface area contributed by atoms with Crippen LogP contribution in [-0.2, 0) is 0 Å². The normalized spacial score (nSPS) is 13.4. The predicted octanol–water partition coefficient (Wildman–Crippen LogP) is 4.96. The summed E-state index contributed by atoms with van der Waals surface area (Å²) in [6.45, 7) is 2.22. The number of phenols is 1. The summed E-state index contributed by atoms with van der Waals surface area (Å²) in [5, 5.41) is 15.4. The maximum absolute atomic E-state index is 10.8. The van der Waals surface area contributed by atoms with E-state index in [1.807, 2.05) is 36.4 Å². The minimum atomic E-state index is 0.00695. The highest BCUT2D eigenvalue weighted by molar-refractivity contribution is 5.88. The molecule has 0 saturated heterocycles. The minimum absolute atomic E-state index is 0.00695. The van der Waals surface area contributed by atoms with E-state index < -0.39 is 0 Å². The number of hydrogen-bond acceptors (Lipinski definition) is 1. The summed E-state index contributed by atoms with van der Waals surface area (Å²) in [4.78, 5) is 0. The zero-order valence-corrected chi connectivity index (χ0v) is 15.4. The fourth-order valence-corrected chi connectivity index (χ4v) is 3.80. The van der Waals surface area contributed by atoms with E-state index in [0.29, 0.717) is 5.75 Å². The van der Waals surface area contributed by atoms with E-state index in [1.54, 1.807) is 0 Å². The summed E-state index contributed by atoms with van der Waals surface area (Å²) < 4.78 is 0. The third-order valence-electron chi connectivity index (χ3n) is 5.22. The Labute approximate surface area is 160 Å². The summed E-state index contributed by atoms with van der Waals surface area (Å²) in [6.07, 6.45) is 0. The lowest BCUT2D eigenvalue weighted by Gasteiger charge is -2.23. The summed E-state index contributed by atoms with van der Waals surface area (Å²) in [6, 6.07) is 33.3. The lowest BCUT2D eigenvalue weighted by atomic mass is 9.91. The van der Waals surface area contributed by atoms with Crippen LogP contribution in [0.25, 0.3) is 10.8 Å². The Morgan fingerprint density at radius 2 is 1.26 bits per heavy atom. The van der Waals surface area contributed by atoms with Crippen molar-refractivity contribution in [3.63, 3.8) is 0 Å². The molecule has 0 fully saturated rings. The Bertz CT molecular complexity index is 1030. The molecule has 0 aliphatic carbocycles. The lowest BCUT2D eigenvalue weighted by molar-refractivity contribution is -0.723. The van der Waals surface area contributed by atoms with E-state index in [-0.39, 0.29) is 12.1 Å². The smallest absolute Gasteiger partial charge is 0.142 e. The monoisotopic (exact) mass is 354 g/mol. The largest absolute Gasteiger partial charge is 0.507 e. The number of nitrogens with two attached hydrogens (primary N) is 1. The number of fused-ring (bicyclic) bond motifs is 1. The standard InChI is InChI=1S/C25H23NO/c1-18(19-10-4-2-5-11-19)26-25(21-13-6-3-7-14-21)24-22-15-9-8-12-20(22)16-17-23(24)27/h2-18,25-27H,1H3/p+1/t18-,25-/m0/s1. The van der Waals surface area contributed by atoms with Gasteiger partial charge in [-0.2, -0.15) is 0 Å². The maximum atomic E-state index is 10.8. The molecule has 27 heavy (non-hydrogen) atoms. The minimum Gasteiger partial charge on any atom is -0.507 e. The number of aromatic hydroxyl groups is 1. The van der Waals surface area contributed by atoms with Gasteiger partial charge >= 0.3 is 0 Å². The summed E-state index contributed by atoms with van der Waals surface area (Å²) >= 11 is 0. The summed E-state index contributed by atoms with van der Waals surface area (Å²) in [7, 11) is 0.